The highest BCUT2D eigenvalue weighted by atomic mass is 32.2. The number of sulfonamides is 1. The molecule has 0 aromatic carbocycles. The van der Waals surface area contributed by atoms with Gasteiger partial charge in [-0.05, 0) is 19.3 Å². The summed E-state index contributed by atoms with van der Waals surface area (Å²) >= 11 is 0. The first kappa shape index (κ1) is 12.9. The fourth-order valence-corrected chi connectivity index (χ4v) is 2.91. The van der Waals surface area contributed by atoms with Crippen LogP contribution < -0.4 is 10.5 Å². The molecule has 1 aliphatic rings. The van der Waals surface area contributed by atoms with Gasteiger partial charge < -0.3 is 5.73 Å². The summed E-state index contributed by atoms with van der Waals surface area (Å²) in [6, 6.07) is 0. The zero-order valence-electron chi connectivity index (χ0n) is 9.41. The van der Waals surface area contributed by atoms with E-state index in [1.54, 1.807) is 6.92 Å². The SMILES string of the molecule is CC(CN)S(=O)(=O)NCCC1CCCC1. The molecule has 0 aromatic rings. The minimum atomic E-state index is -3.18. The second kappa shape index (κ2) is 5.82. The summed E-state index contributed by atoms with van der Waals surface area (Å²) < 4.78 is 25.7. The molecule has 1 fully saturated rings. The number of nitrogens with one attached hydrogen (secondary N) is 1. The van der Waals surface area contributed by atoms with Gasteiger partial charge in [0, 0.05) is 13.1 Å². The van der Waals surface area contributed by atoms with Crippen LogP contribution in [0.2, 0.25) is 0 Å². The maximum absolute atomic E-state index is 11.5. The van der Waals surface area contributed by atoms with Gasteiger partial charge in [0.1, 0.15) is 0 Å². The van der Waals surface area contributed by atoms with Crippen LogP contribution in [-0.2, 0) is 10.0 Å². The molecule has 0 aliphatic heterocycles. The Labute approximate surface area is 92.7 Å². The van der Waals surface area contributed by atoms with Crippen LogP contribution in [-0.4, -0.2) is 26.8 Å². The van der Waals surface area contributed by atoms with Crippen LogP contribution >= 0.6 is 0 Å². The molecule has 0 heterocycles. The van der Waals surface area contributed by atoms with Crippen LogP contribution in [0.15, 0.2) is 0 Å². The molecule has 4 nitrogen and oxygen atoms in total. The van der Waals surface area contributed by atoms with Crippen molar-refractivity contribution in [2.24, 2.45) is 11.7 Å². The Bertz CT molecular complexity index is 271. The molecule has 3 N–H and O–H groups in total. The van der Waals surface area contributed by atoms with Crippen molar-refractivity contribution in [2.45, 2.75) is 44.3 Å². The van der Waals surface area contributed by atoms with E-state index in [0.717, 1.165) is 12.3 Å². The lowest BCUT2D eigenvalue weighted by molar-refractivity contribution is 0.494. The van der Waals surface area contributed by atoms with E-state index in [0.29, 0.717) is 6.54 Å². The monoisotopic (exact) mass is 234 g/mol. The molecule has 0 amide bonds. The third kappa shape index (κ3) is 4.09. The summed E-state index contributed by atoms with van der Waals surface area (Å²) in [6.07, 6.45) is 6.09. The summed E-state index contributed by atoms with van der Waals surface area (Å²) in [7, 11) is -3.18. The maximum Gasteiger partial charge on any atom is 0.215 e. The molecule has 1 saturated carbocycles. The van der Waals surface area contributed by atoms with E-state index >= 15 is 0 Å². The van der Waals surface area contributed by atoms with E-state index in [1.165, 1.54) is 25.7 Å². The van der Waals surface area contributed by atoms with Gasteiger partial charge in [-0.2, -0.15) is 0 Å². The van der Waals surface area contributed by atoms with Gasteiger partial charge >= 0.3 is 0 Å². The van der Waals surface area contributed by atoms with Crippen molar-refractivity contribution in [3.63, 3.8) is 0 Å². The minimum Gasteiger partial charge on any atom is -0.329 e. The zero-order chi connectivity index (χ0) is 11.3. The second-order valence-electron chi connectivity index (χ2n) is 4.42. The lowest BCUT2D eigenvalue weighted by Gasteiger charge is -2.13. The molecular weight excluding hydrogens is 212 g/mol. The number of hydrogen-bond acceptors (Lipinski definition) is 3. The van der Waals surface area contributed by atoms with Gasteiger partial charge in [-0.25, -0.2) is 13.1 Å². The number of nitrogens with two attached hydrogens (primary N) is 1. The van der Waals surface area contributed by atoms with Crippen molar-refractivity contribution in [2.75, 3.05) is 13.1 Å². The van der Waals surface area contributed by atoms with Gasteiger partial charge in [0.05, 0.1) is 5.25 Å². The summed E-state index contributed by atoms with van der Waals surface area (Å²) in [5.41, 5.74) is 5.33. The Morgan fingerprint density at radius 1 is 1.40 bits per heavy atom. The highest BCUT2D eigenvalue weighted by Crippen LogP contribution is 2.26. The first-order valence-corrected chi connectivity index (χ1v) is 7.29. The summed E-state index contributed by atoms with van der Waals surface area (Å²) in [5.74, 6) is 0.723. The summed E-state index contributed by atoms with van der Waals surface area (Å²) in [5, 5.41) is -0.485. The average Bonchev–Trinajstić information content (AvgIpc) is 2.69. The molecule has 1 rings (SSSR count). The summed E-state index contributed by atoms with van der Waals surface area (Å²) in [4.78, 5) is 0. The lowest BCUT2D eigenvalue weighted by Crippen LogP contribution is -2.37. The number of hydrogen-bond donors (Lipinski definition) is 2. The normalized spacial score (nSPS) is 20.7. The molecule has 0 saturated heterocycles. The van der Waals surface area contributed by atoms with Crippen LogP contribution in [0.5, 0.6) is 0 Å². The van der Waals surface area contributed by atoms with E-state index in [2.05, 4.69) is 4.72 Å². The molecule has 1 unspecified atom stereocenters. The molecule has 0 aromatic heterocycles. The van der Waals surface area contributed by atoms with Gasteiger partial charge in [0.25, 0.3) is 0 Å². The zero-order valence-corrected chi connectivity index (χ0v) is 10.2. The third-order valence-electron chi connectivity index (χ3n) is 3.19. The first-order valence-electron chi connectivity index (χ1n) is 5.75. The van der Waals surface area contributed by atoms with Gasteiger partial charge in [0.15, 0.2) is 0 Å². The Kier molecular flexibility index (Phi) is 5.02. The average molecular weight is 234 g/mol. The van der Waals surface area contributed by atoms with E-state index in [9.17, 15) is 8.42 Å². The van der Waals surface area contributed by atoms with Crippen molar-refractivity contribution in [3.05, 3.63) is 0 Å². The van der Waals surface area contributed by atoms with Crippen LogP contribution in [0.25, 0.3) is 0 Å². The highest BCUT2D eigenvalue weighted by Gasteiger charge is 2.20. The van der Waals surface area contributed by atoms with Crippen LogP contribution in [0.3, 0.4) is 0 Å². The van der Waals surface area contributed by atoms with Crippen LogP contribution in [0.4, 0.5) is 0 Å². The van der Waals surface area contributed by atoms with Crippen molar-refractivity contribution in [1.29, 1.82) is 0 Å². The first-order chi connectivity index (χ1) is 7.06. The van der Waals surface area contributed by atoms with E-state index in [4.69, 9.17) is 5.73 Å². The molecule has 0 bridgehead atoms. The van der Waals surface area contributed by atoms with Gasteiger partial charge in [0.2, 0.25) is 10.0 Å². The fraction of sp³-hybridized carbons (Fsp3) is 1.00. The van der Waals surface area contributed by atoms with Crippen molar-refractivity contribution in [3.8, 4) is 0 Å². The standard InChI is InChI=1S/C10H22N2O2S/c1-9(8-11)15(13,14)12-7-6-10-4-2-3-5-10/h9-10,12H,2-8,11H2,1H3. The Hall–Kier alpha value is -0.130. The molecule has 1 aliphatic carbocycles. The van der Waals surface area contributed by atoms with Gasteiger partial charge in [-0.15, -0.1) is 0 Å². The van der Waals surface area contributed by atoms with Gasteiger partial charge in [-0.3, -0.25) is 0 Å². The smallest absolute Gasteiger partial charge is 0.215 e. The molecule has 90 valence electrons. The quantitative estimate of drug-likeness (QED) is 0.715. The Balaban J connectivity index is 2.23. The number of rotatable bonds is 6. The van der Waals surface area contributed by atoms with E-state index < -0.39 is 15.3 Å². The predicted molar refractivity (Wildman–Crippen MR) is 62.0 cm³/mol. The van der Waals surface area contributed by atoms with E-state index in [-0.39, 0.29) is 6.54 Å². The van der Waals surface area contributed by atoms with Crippen molar-refractivity contribution in [1.82, 2.24) is 4.72 Å². The molecule has 1 atom stereocenters. The Morgan fingerprint density at radius 2 is 2.00 bits per heavy atom. The summed E-state index contributed by atoms with van der Waals surface area (Å²) in [6.45, 7) is 2.38. The van der Waals surface area contributed by atoms with Crippen LogP contribution in [0.1, 0.15) is 39.0 Å². The third-order valence-corrected chi connectivity index (χ3v) is 5.05. The highest BCUT2D eigenvalue weighted by molar-refractivity contribution is 7.90. The Morgan fingerprint density at radius 3 is 2.53 bits per heavy atom. The molecule has 15 heavy (non-hydrogen) atoms. The van der Waals surface area contributed by atoms with Crippen molar-refractivity contribution < 1.29 is 8.42 Å². The molecule has 0 spiro atoms. The minimum absolute atomic E-state index is 0.179. The largest absolute Gasteiger partial charge is 0.329 e. The van der Waals surface area contributed by atoms with Crippen LogP contribution in [0, 0.1) is 5.92 Å². The second-order valence-corrected chi connectivity index (χ2v) is 6.61. The fourth-order valence-electron chi connectivity index (χ4n) is 1.97. The van der Waals surface area contributed by atoms with Gasteiger partial charge in [-0.1, -0.05) is 25.7 Å². The predicted octanol–water partition coefficient (Wildman–Crippen LogP) is 0.833. The van der Waals surface area contributed by atoms with E-state index in [1.807, 2.05) is 0 Å². The lowest BCUT2D eigenvalue weighted by atomic mass is 10.1. The molecule has 5 heteroatoms. The topological polar surface area (TPSA) is 72.2 Å². The van der Waals surface area contributed by atoms with Crippen molar-refractivity contribution >= 4 is 10.0 Å². The molecular formula is C10H22N2O2S. The molecule has 0 radical (unpaired) electrons. The maximum atomic E-state index is 11.5.